The van der Waals surface area contributed by atoms with Crippen LogP contribution in [0.4, 0.5) is 0 Å². The molecule has 0 aliphatic heterocycles. The van der Waals surface area contributed by atoms with Crippen molar-refractivity contribution in [3.05, 3.63) is 28.8 Å². The number of halogens is 1. The molecule has 1 aromatic carbocycles. The second kappa shape index (κ2) is 6.26. The smallest absolute Gasteiger partial charge is 0.124 e. The van der Waals surface area contributed by atoms with Crippen molar-refractivity contribution in [3.8, 4) is 5.75 Å². The molecule has 0 bridgehead atoms. The molecule has 0 spiro atoms. The second-order valence-electron chi connectivity index (χ2n) is 3.31. The first-order valence-electron chi connectivity index (χ1n) is 4.82. The monoisotopic (exact) mass is 245 g/mol. The molecule has 0 aromatic heterocycles. The fraction of sp³-hybridized carbons (Fsp3) is 0.455. The number of ether oxygens (including phenoxy) is 1. The topological polar surface area (TPSA) is 35.2 Å². The summed E-state index contributed by atoms with van der Waals surface area (Å²) >= 11 is 7.66. The Balaban J connectivity index is 2.77. The van der Waals surface area contributed by atoms with Crippen LogP contribution in [0.2, 0.25) is 5.02 Å². The van der Waals surface area contributed by atoms with Gasteiger partial charge in [-0.2, -0.15) is 11.8 Å². The van der Waals surface area contributed by atoms with Crippen LogP contribution in [0.5, 0.6) is 5.75 Å². The van der Waals surface area contributed by atoms with Gasteiger partial charge in [0.05, 0.1) is 6.61 Å². The van der Waals surface area contributed by atoms with Crippen LogP contribution in [-0.4, -0.2) is 18.6 Å². The van der Waals surface area contributed by atoms with Crippen LogP contribution >= 0.6 is 23.4 Å². The Kier molecular flexibility index (Phi) is 5.29. The van der Waals surface area contributed by atoms with Crippen molar-refractivity contribution < 1.29 is 4.74 Å². The molecule has 0 fully saturated rings. The number of rotatable bonds is 5. The van der Waals surface area contributed by atoms with E-state index in [0.717, 1.165) is 17.1 Å². The third-order valence-electron chi connectivity index (χ3n) is 2.01. The van der Waals surface area contributed by atoms with E-state index in [1.165, 1.54) is 0 Å². The third kappa shape index (κ3) is 3.93. The minimum absolute atomic E-state index is 0.0621. The lowest BCUT2D eigenvalue weighted by atomic mass is 10.1. The van der Waals surface area contributed by atoms with E-state index in [2.05, 4.69) is 6.26 Å². The Morgan fingerprint density at radius 3 is 2.87 bits per heavy atom. The second-order valence-corrected chi connectivity index (χ2v) is 4.73. The Hall–Kier alpha value is -0.380. The number of hydrogen-bond acceptors (Lipinski definition) is 3. The summed E-state index contributed by atoms with van der Waals surface area (Å²) in [5.41, 5.74) is 6.81. The van der Waals surface area contributed by atoms with Gasteiger partial charge in [-0.3, -0.25) is 0 Å². The zero-order chi connectivity index (χ0) is 11.3. The molecule has 0 aliphatic rings. The van der Waals surface area contributed by atoms with Gasteiger partial charge in [0.25, 0.3) is 0 Å². The molecule has 0 unspecified atom stereocenters. The van der Waals surface area contributed by atoms with Crippen molar-refractivity contribution in [2.45, 2.75) is 13.0 Å². The Morgan fingerprint density at radius 2 is 2.27 bits per heavy atom. The van der Waals surface area contributed by atoms with E-state index in [4.69, 9.17) is 22.1 Å². The van der Waals surface area contributed by atoms with Crippen LogP contribution in [-0.2, 0) is 0 Å². The molecule has 2 N–H and O–H groups in total. The van der Waals surface area contributed by atoms with Gasteiger partial charge < -0.3 is 10.5 Å². The molecular weight excluding hydrogens is 230 g/mol. The largest absolute Gasteiger partial charge is 0.492 e. The lowest BCUT2D eigenvalue weighted by Crippen LogP contribution is -2.09. The van der Waals surface area contributed by atoms with Gasteiger partial charge in [-0.05, 0) is 31.4 Å². The van der Waals surface area contributed by atoms with Gasteiger partial charge in [-0.1, -0.05) is 11.6 Å². The summed E-state index contributed by atoms with van der Waals surface area (Å²) in [7, 11) is 0. The van der Waals surface area contributed by atoms with Crippen molar-refractivity contribution in [2.24, 2.45) is 5.73 Å². The van der Waals surface area contributed by atoms with Crippen LogP contribution < -0.4 is 10.5 Å². The highest BCUT2D eigenvalue weighted by atomic mass is 35.5. The van der Waals surface area contributed by atoms with Gasteiger partial charge in [-0.15, -0.1) is 0 Å². The predicted octanol–water partition coefficient (Wildman–Crippen LogP) is 3.10. The van der Waals surface area contributed by atoms with Crippen LogP contribution in [0, 0.1) is 0 Å². The predicted molar refractivity (Wildman–Crippen MR) is 67.9 cm³/mol. The van der Waals surface area contributed by atoms with Crippen molar-refractivity contribution in [2.75, 3.05) is 18.6 Å². The van der Waals surface area contributed by atoms with Gasteiger partial charge in [0.2, 0.25) is 0 Å². The summed E-state index contributed by atoms with van der Waals surface area (Å²) in [5.74, 6) is 1.81. The zero-order valence-corrected chi connectivity index (χ0v) is 10.6. The zero-order valence-electron chi connectivity index (χ0n) is 9.00. The first-order chi connectivity index (χ1) is 7.15. The van der Waals surface area contributed by atoms with Gasteiger partial charge in [0.15, 0.2) is 0 Å². The first kappa shape index (κ1) is 12.7. The molecule has 1 atom stereocenters. The van der Waals surface area contributed by atoms with Crippen molar-refractivity contribution >= 4 is 23.4 Å². The third-order valence-corrected chi connectivity index (χ3v) is 2.82. The van der Waals surface area contributed by atoms with E-state index < -0.39 is 0 Å². The minimum Gasteiger partial charge on any atom is -0.492 e. The molecule has 0 saturated carbocycles. The Labute approximate surface area is 100 Å². The number of hydrogen-bond donors (Lipinski definition) is 1. The van der Waals surface area contributed by atoms with Crippen LogP contribution in [0.15, 0.2) is 18.2 Å². The number of thioether (sulfide) groups is 1. The Bertz CT molecular complexity index is 317. The highest BCUT2D eigenvalue weighted by Gasteiger charge is 2.08. The SMILES string of the molecule is CSCCOc1ccc(Cl)cc1[C@@H](C)N. The van der Waals surface area contributed by atoms with Gasteiger partial charge in [0.1, 0.15) is 5.75 Å². The highest BCUT2D eigenvalue weighted by molar-refractivity contribution is 7.98. The maximum Gasteiger partial charge on any atom is 0.124 e. The molecule has 84 valence electrons. The molecule has 1 rings (SSSR count). The quantitative estimate of drug-likeness (QED) is 0.810. The summed E-state index contributed by atoms with van der Waals surface area (Å²) in [5, 5.41) is 0.694. The van der Waals surface area contributed by atoms with E-state index in [-0.39, 0.29) is 6.04 Å². The van der Waals surface area contributed by atoms with Gasteiger partial charge >= 0.3 is 0 Å². The normalized spacial score (nSPS) is 12.5. The molecule has 0 heterocycles. The van der Waals surface area contributed by atoms with E-state index in [1.54, 1.807) is 11.8 Å². The van der Waals surface area contributed by atoms with Crippen molar-refractivity contribution in [1.29, 1.82) is 0 Å². The average Bonchev–Trinajstić information content (AvgIpc) is 2.20. The molecule has 0 saturated heterocycles. The van der Waals surface area contributed by atoms with Crippen molar-refractivity contribution in [3.63, 3.8) is 0 Å². The number of nitrogens with two attached hydrogens (primary N) is 1. The summed E-state index contributed by atoms with van der Waals surface area (Å²) in [6.07, 6.45) is 2.05. The lowest BCUT2D eigenvalue weighted by molar-refractivity contribution is 0.338. The maximum absolute atomic E-state index is 5.91. The van der Waals surface area contributed by atoms with Crippen molar-refractivity contribution in [1.82, 2.24) is 0 Å². The molecule has 0 radical (unpaired) electrons. The summed E-state index contributed by atoms with van der Waals surface area (Å²) in [4.78, 5) is 0. The summed E-state index contributed by atoms with van der Waals surface area (Å²) in [6.45, 7) is 2.62. The standard InChI is InChI=1S/C11H16ClNOS/c1-8(13)10-7-9(12)3-4-11(10)14-5-6-15-2/h3-4,7-8H,5-6,13H2,1-2H3/t8-/m1/s1. The van der Waals surface area contributed by atoms with Gasteiger partial charge in [-0.25, -0.2) is 0 Å². The molecule has 2 nitrogen and oxygen atoms in total. The molecular formula is C11H16ClNOS. The summed E-state index contributed by atoms with van der Waals surface area (Å²) < 4.78 is 5.63. The first-order valence-corrected chi connectivity index (χ1v) is 6.59. The highest BCUT2D eigenvalue weighted by Crippen LogP contribution is 2.27. The molecule has 4 heteroatoms. The van der Waals surface area contributed by atoms with Crippen LogP contribution in [0.25, 0.3) is 0 Å². The van der Waals surface area contributed by atoms with Crippen LogP contribution in [0.1, 0.15) is 18.5 Å². The molecule has 0 amide bonds. The summed E-state index contributed by atoms with van der Waals surface area (Å²) in [6, 6.07) is 5.50. The molecule has 0 aliphatic carbocycles. The van der Waals surface area contributed by atoms with E-state index in [9.17, 15) is 0 Å². The maximum atomic E-state index is 5.91. The minimum atomic E-state index is -0.0621. The molecule has 15 heavy (non-hydrogen) atoms. The number of benzene rings is 1. The average molecular weight is 246 g/mol. The van der Waals surface area contributed by atoms with Crippen LogP contribution in [0.3, 0.4) is 0 Å². The fourth-order valence-electron chi connectivity index (χ4n) is 1.24. The molecule has 1 aromatic rings. The van der Waals surface area contributed by atoms with Gasteiger partial charge in [0, 0.05) is 22.4 Å². The Morgan fingerprint density at radius 1 is 1.53 bits per heavy atom. The van der Waals surface area contributed by atoms with E-state index in [1.807, 2.05) is 25.1 Å². The lowest BCUT2D eigenvalue weighted by Gasteiger charge is -2.14. The van der Waals surface area contributed by atoms with E-state index >= 15 is 0 Å². The van der Waals surface area contributed by atoms with E-state index in [0.29, 0.717) is 11.6 Å². The fourth-order valence-corrected chi connectivity index (χ4v) is 1.67.